The van der Waals surface area contributed by atoms with Crippen LogP contribution in [-0.2, 0) is 0 Å². The molecule has 8 nitrogen and oxygen atoms in total. The number of H-pyrrole nitrogens is 1. The van der Waals surface area contributed by atoms with Crippen molar-refractivity contribution in [2.75, 3.05) is 18.4 Å². The molecule has 3 aromatic rings. The number of amides is 1. The molecule has 1 saturated carbocycles. The highest BCUT2D eigenvalue weighted by Crippen LogP contribution is 2.49. The van der Waals surface area contributed by atoms with Crippen LogP contribution in [0.25, 0.3) is 11.3 Å². The number of pyridine rings is 1. The molecule has 1 amide bonds. The number of aromatic amines is 1. The van der Waals surface area contributed by atoms with Crippen molar-refractivity contribution in [2.45, 2.75) is 12.0 Å². The molecule has 1 aliphatic heterocycles. The van der Waals surface area contributed by atoms with Crippen LogP contribution in [0, 0.1) is 23.2 Å². The minimum Gasteiger partial charge on any atom is -0.354 e. The van der Waals surface area contributed by atoms with Crippen molar-refractivity contribution in [2.24, 2.45) is 5.92 Å². The lowest BCUT2D eigenvalue weighted by molar-refractivity contribution is 0.0924. The zero-order valence-corrected chi connectivity index (χ0v) is 15.9. The third-order valence-electron chi connectivity index (χ3n) is 5.69. The summed E-state index contributed by atoms with van der Waals surface area (Å²) >= 11 is 0. The number of halogens is 1. The number of hydrogen-bond acceptors (Lipinski definition) is 6. The largest absolute Gasteiger partial charge is 0.354 e. The number of rotatable bonds is 5. The Morgan fingerprint density at radius 3 is 2.93 bits per heavy atom. The highest BCUT2D eigenvalue weighted by atomic mass is 19.1. The molecule has 0 spiro atoms. The van der Waals surface area contributed by atoms with Gasteiger partial charge in [0.15, 0.2) is 6.19 Å². The van der Waals surface area contributed by atoms with E-state index in [-0.39, 0.29) is 17.3 Å². The van der Waals surface area contributed by atoms with Crippen molar-refractivity contribution >= 4 is 17.3 Å². The molecule has 0 radical (unpaired) electrons. The van der Waals surface area contributed by atoms with E-state index in [1.165, 1.54) is 12.1 Å². The summed E-state index contributed by atoms with van der Waals surface area (Å²) in [5.41, 5.74) is 2.78. The second-order valence-corrected chi connectivity index (χ2v) is 7.71. The van der Waals surface area contributed by atoms with Crippen LogP contribution < -0.4 is 10.6 Å². The van der Waals surface area contributed by atoms with E-state index in [1.54, 1.807) is 41.6 Å². The molecule has 2 aromatic heterocycles. The van der Waals surface area contributed by atoms with Crippen LogP contribution in [0.2, 0.25) is 0 Å². The van der Waals surface area contributed by atoms with Gasteiger partial charge in [-0.3, -0.25) is 14.9 Å². The van der Waals surface area contributed by atoms with Gasteiger partial charge in [-0.05, 0) is 42.8 Å². The number of fused-ring (bicyclic) bond motifs is 1. The van der Waals surface area contributed by atoms with E-state index in [0.29, 0.717) is 41.8 Å². The van der Waals surface area contributed by atoms with Gasteiger partial charge in [0.25, 0.3) is 5.91 Å². The van der Waals surface area contributed by atoms with E-state index in [2.05, 4.69) is 32.0 Å². The molecule has 2 atom stereocenters. The van der Waals surface area contributed by atoms with Crippen LogP contribution in [0.5, 0.6) is 0 Å². The lowest BCUT2D eigenvalue weighted by Crippen LogP contribution is -2.41. The van der Waals surface area contributed by atoms with Gasteiger partial charge in [0.05, 0.1) is 29.7 Å². The van der Waals surface area contributed by atoms with Crippen molar-refractivity contribution in [3.05, 3.63) is 60.3 Å². The number of piperidine rings is 1. The number of likely N-dealkylation sites (tertiary alicyclic amines) is 1. The molecule has 2 fully saturated rings. The number of nitrogens with zero attached hydrogens (tertiary/aromatic N) is 4. The molecule has 1 aromatic carbocycles. The Bertz CT molecular complexity index is 1150. The second kappa shape index (κ2) is 6.84. The quantitative estimate of drug-likeness (QED) is 0.565. The van der Waals surface area contributed by atoms with E-state index in [4.69, 9.17) is 5.26 Å². The number of aromatic nitrogens is 3. The third kappa shape index (κ3) is 3.22. The number of nitriles is 1. The molecule has 150 valence electrons. The fourth-order valence-electron chi connectivity index (χ4n) is 4.03. The SMILES string of the molecule is N#CN1CC2C[C@]2(NC(=O)c2cc(-c3ccncc3Nc3ccc(F)cc3)n[nH]2)C1. The summed E-state index contributed by atoms with van der Waals surface area (Å²) in [6, 6.07) is 9.49. The number of benzene rings is 1. The first-order valence-corrected chi connectivity index (χ1v) is 9.56. The first kappa shape index (κ1) is 18.1. The predicted molar refractivity (Wildman–Crippen MR) is 107 cm³/mol. The zero-order chi connectivity index (χ0) is 20.7. The van der Waals surface area contributed by atoms with Gasteiger partial charge in [-0.15, -0.1) is 0 Å². The van der Waals surface area contributed by atoms with E-state index >= 15 is 0 Å². The fraction of sp³-hybridized carbons (Fsp3) is 0.238. The van der Waals surface area contributed by atoms with Crippen LogP contribution in [-0.4, -0.2) is 44.6 Å². The minimum absolute atomic E-state index is 0.238. The maximum absolute atomic E-state index is 13.2. The first-order chi connectivity index (χ1) is 14.6. The molecule has 1 saturated heterocycles. The average molecular weight is 403 g/mol. The Labute approximate surface area is 171 Å². The number of carbonyl (C=O) groups excluding carboxylic acids is 1. The van der Waals surface area contributed by atoms with E-state index in [0.717, 1.165) is 12.0 Å². The van der Waals surface area contributed by atoms with Gasteiger partial charge in [0.1, 0.15) is 11.5 Å². The van der Waals surface area contributed by atoms with E-state index < -0.39 is 0 Å². The topological polar surface area (TPSA) is 110 Å². The van der Waals surface area contributed by atoms with Gasteiger partial charge in [-0.25, -0.2) is 4.39 Å². The summed E-state index contributed by atoms with van der Waals surface area (Å²) in [6.07, 6.45) is 6.33. The Morgan fingerprint density at radius 1 is 1.33 bits per heavy atom. The molecule has 3 heterocycles. The van der Waals surface area contributed by atoms with Crippen LogP contribution >= 0.6 is 0 Å². The second-order valence-electron chi connectivity index (χ2n) is 7.71. The standard InChI is InChI=1S/C21H18FN7O/c22-14-1-3-15(4-2-14)25-19-9-24-6-5-16(19)17-7-18(28-27-17)20(30)26-21-8-13(21)10-29(11-21)12-23/h1-7,9,13,25H,8,10-11H2,(H,26,30)(H,27,28)/t13?,21-/m0/s1. The molecular formula is C21H18FN7O. The number of anilines is 2. The van der Waals surface area contributed by atoms with E-state index in [1.807, 2.05) is 0 Å². The van der Waals surface area contributed by atoms with Gasteiger partial charge >= 0.3 is 0 Å². The highest BCUT2D eigenvalue weighted by molar-refractivity contribution is 5.95. The Balaban J connectivity index is 1.34. The molecule has 0 bridgehead atoms. The summed E-state index contributed by atoms with van der Waals surface area (Å²) < 4.78 is 13.2. The van der Waals surface area contributed by atoms with Crippen LogP contribution in [0.4, 0.5) is 15.8 Å². The average Bonchev–Trinajstić information content (AvgIpc) is 3.10. The van der Waals surface area contributed by atoms with Gasteiger partial charge in [0.2, 0.25) is 0 Å². The van der Waals surface area contributed by atoms with Crippen molar-refractivity contribution in [1.82, 2.24) is 25.4 Å². The monoisotopic (exact) mass is 403 g/mol. The van der Waals surface area contributed by atoms with Crippen LogP contribution in [0.1, 0.15) is 16.9 Å². The Hall–Kier alpha value is -3.93. The lowest BCUT2D eigenvalue weighted by Gasteiger charge is -2.16. The molecular weight excluding hydrogens is 385 g/mol. The predicted octanol–water partition coefficient (Wildman–Crippen LogP) is 2.64. The van der Waals surface area contributed by atoms with E-state index in [9.17, 15) is 9.18 Å². The van der Waals surface area contributed by atoms with Gasteiger partial charge in [-0.2, -0.15) is 10.4 Å². The van der Waals surface area contributed by atoms with Crippen molar-refractivity contribution < 1.29 is 9.18 Å². The number of hydrogen-bond donors (Lipinski definition) is 3. The number of carbonyl (C=O) groups is 1. The van der Waals surface area contributed by atoms with Crippen LogP contribution in [0.3, 0.4) is 0 Å². The Morgan fingerprint density at radius 2 is 2.17 bits per heavy atom. The molecule has 1 aliphatic carbocycles. The third-order valence-corrected chi connectivity index (χ3v) is 5.69. The smallest absolute Gasteiger partial charge is 0.269 e. The lowest BCUT2D eigenvalue weighted by atomic mass is 10.1. The Kier molecular flexibility index (Phi) is 4.13. The normalized spacial score (nSPS) is 21.6. The first-order valence-electron chi connectivity index (χ1n) is 9.56. The molecule has 30 heavy (non-hydrogen) atoms. The maximum Gasteiger partial charge on any atom is 0.269 e. The van der Waals surface area contributed by atoms with Gasteiger partial charge in [-0.1, -0.05) is 0 Å². The number of nitrogens with one attached hydrogen (secondary N) is 3. The summed E-state index contributed by atoms with van der Waals surface area (Å²) in [7, 11) is 0. The molecule has 2 aliphatic rings. The van der Waals surface area contributed by atoms with Gasteiger partial charge in [0, 0.05) is 29.9 Å². The highest BCUT2D eigenvalue weighted by Gasteiger charge is 2.61. The maximum atomic E-state index is 13.2. The van der Waals surface area contributed by atoms with Crippen LogP contribution in [0.15, 0.2) is 48.8 Å². The summed E-state index contributed by atoms with van der Waals surface area (Å²) in [5, 5.41) is 22.4. The van der Waals surface area contributed by atoms with Gasteiger partial charge < -0.3 is 15.5 Å². The fourth-order valence-corrected chi connectivity index (χ4v) is 4.03. The minimum atomic E-state index is -0.313. The summed E-state index contributed by atoms with van der Waals surface area (Å²) in [4.78, 5) is 18.6. The molecule has 9 heteroatoms. The zero-order valence-electron chi connectivity index (χ0n) is 15.9. The molecule has 3 N–H and O–H groups in total. The van der Waals surface area contributed by atoms with Crippen molar-refractivity contribution in [3.63, 3.8) is 0 Å². The molecule has 1 unspecified atom stereocenters. The van der Waals surface area contributed by atoms with Crippen molar-refractivity contribution in [1.29, 1.82) is 5.26 Å². The summed E-state index contributed by atoms with van der Waals surface area (Å²) in [5.74, 6) is -0.222. The molecule has 5 rings (SSSR count). The van der Waals surface area contributed by atoms with Crippen molar-refractivity contribution in [3.8, 4) is 17.5 Å². The summed E-state index contributed by atoms with van der Waals surface area (Å²) in [6.45, 7) is 1.25.